The zero-order chi connectivity index (χ0) is 31.8. The zero-order valence-electron chi connectivity index (χ0n) is 23.7. The summed E-state index contributed by atoms with van der Waals surface area (Å²) < 4.78 is 96.3. The third-order valence-corrected chi connectivity index (χ3v) is 9.04. The lowest BCUT2D eigenvalue weighted by Gasteiger charge is -2.33. The number of nitrogens with one attached hydrogen (secondary N) is 1. The number of halogens is 5. The fraction of sp³-hybridized carbons (Fsp3) is 0.615. The van der Waals surface area contributed by atoms with Crippen LogP contribution in [0.15, 0.2) is 12.1 Å². The normalized spacial score (nSPS) is 20.2. The largest absolute Gasteiger partial charge is 0.416 e. The molecule has 2 aromatic heterocycles. The Labute approximate surface area is 239 Å². The van der Waals surface area contributed by atoms with Crippen molar-refractivity contribution < 1.29 is 49.8 Å². The van der Waals surface area contributed by atoms with Gasteiger partial charge in [-0.15, -0.1) is 0 Å². The molecule has 1 fully saturated rings. The van der Waals surface area contributed by atoms with Crippen molar-refractivity contribution in [1.82, 2.24) is 20.1 Å². The third-order valence-electron chi connectivity index (χ3n) is 7.43. The molecule has 0 saturated heterocycles. The Morgan fingerprint density at radius 3 is 2.45 bits per heavy atom. The molecular weight excluding hydrogens is 591 g/mol. The molecule has 0 unspecified atom stereocenters. The number of carbonyl (C=O) groups excluding carboxylic acids is 2. The highest BCUT2D eigenvalue weighted by Crippen LogP contribution is 2.41. The number of aliphatic hydroxyl groups is 1. The van der Waals surface area contributed by atoms with Crippen LogP contribution in [0, 0.1) is 12.3 Å². The second-order valence-electron chi connectivity index (χ2n) is 11.1. The van der Waals surface area contributed by atoms with Gasteiger partial charge in [-0.05, 0) is 38.8 Å². The summed E-state index contributed by atoms with van der Waals surface area (Å²) in [6, 6.07) is 2.52. The predicted octanol–water partition coefficient (Wildman–Crippen LogP) is 3.63. The topological polar surface area (TPSA) is 140 Å². The molecule has 2 N–H and O–H groups in total. The van der Waals surface area contributed by atoms with E-state index in [1.807, 2.05) is 0 Å². The van der Waals surface area contributed by atoms with Crippen molar-refractivity contribution in [2.24, 2.45) is 5.41 Å². The lowest BCUT2D eigenvalue weighted by molar-refractivity contribution is -0.211. The predicted molar refractivity (Wildman–Crippen MR) is 141 cm³/mol. The first-order valence-corrected chi connectivity index (χ1v) is 15.0. The summed E-state index contributed by atoms with van der Waals surface area (Å²) in [4.78, 5) is 29.6. The first kappa shape index (κ1) is 33.4. The Hall–Kier alpha value is -3.14. The van der Waals surface area contributed by atoms with Gasteiger partial charge in [0.2, 0.25) is 5.88 Å². The molecule has 2 heterocycles. The monoisotopic (exact) mass is 624 g/mol. The minimum Gasteiger partial charge on any atom is -0.416 e. The highest BCUT2D eigenvalue weighted by atomic mass is 32.2. The van der Waals surface area contributed by atoms with Gasteiger partial charge >= 0.3 is 12.8 Å². The van der Waals surface area contributed by atoms with Gasteiger partial charge in [0.1, 0.15) is 5.60 Å². The summed E-state index contributed by atoms with van der Waals surface area (Å²) in [6.07, 6.45) is -4.74. The van der Waals surface area contributed by atoms with E-state index in [9.17, 15) is 45.1 Å². The summed E-state index contributed by atoms with van der Waals surface area (Å²) in [7, 11) is -3.49. The Bertz CT molecular complexity index is 1460. The van der Waals surface area contributed by atoms with E-state index in [1.54, 1.807) is 6.92 Å². The highest BCUT2D eigenvalue weighted by molar-refractivity contribution is 7.91. The number of sulfone groups is 1. The Morgan fingerprint density at radius 1 is 1.29 bits per heavy atom. The first-order chi connectivity index (χ1) is 19.2. The van der Waals surface area contributed by atoms with Crippen molar-refractivity contribution in [3.63, 3.8) is 0 Å². The summed E-state index contributed by atoms with van der Waals surface area (Å²) in [6.45, 7) is 1.32. The van der Waals surface area contributed by atoms with Crippen LogP contribution in [0.5, 0.6) is 5.88 Å². The van der Waals surface area contributed by atoms with E-state index in [4.69, 9.17) is 0 Å². The van der Waals surface area contributed by atoms with Gasteiger partial charge in [0, 0.05) is 36.9 Å². The number of aryl methyl sites for hydroxylation is 1. The number of alkyl halides is 5. The van der Waals surface area contributed by atoms with Gasteiger partial charge in [0.15, 0.2) is 21.3 Å². The molecule has 1 saturated carbocycles. The molecule has 16 heteroatoms. The second kappa shape index (κ2) is 11.9. The number of nitrogens with zero attached hydrogens (tertiary/aromatic N) is 3. The fourth-order valence-corrected chi connectivity index (χ4v) is 5.72. The van der Waals surface area contributed by atoms with Crippen LogP contribution in [0.2, 0.25) is 0 Å². The maximum atomic E-state index is 13.4. The van der Waals surface area contributed by atoms with Crippen LogP contribution in [0.3, 0.4) is 0 Å². The Balaban J connectivity index is 1.91. The van der Waals surface area contributed by atoms with Crippen molar-refractivity contribution in [3.05, 3.63) is 29.1 Å². The van der Waals surface area contributed by atoms with Gasteiger partial charge in [0.05, 0.1) is 28.5 Å². The molecule has 2 atom stereocenters. The van der Waals surface area contributed by atoms with Crippen LogP contribution in [-0.4, -0.2) is 76.4 Å². The summed E-state index contributed by atoms with van der Waals surface area (Å²) in [5.74, 6) is -2.18. The maximum Gasteiger partial charge on any atom is 0.394 e. The number of ether oxygens (including phenoxy) is 1. The van der Waals surface area contributed by atoms with Crippen molar-refractivity contribution in [2.45, 2.75) is 83.6 Å². The number of amides is 1. The molecule has 0 aliphatic heterocycles. The average Bonchev–Trinajstić information content (AvgIpc) is 3.18. The summed E-state index contributed by atoms with van der Waals surface area (Å²) >= 11 is 0. The van der Waals surface area contributed by atoms with Crippen LogP contribution < -0.4 is 10.1 Å². The van der Waals surface area contributed by atoms with E-state index in [0.29, 0.717) is 0 Å². The second-order valence-corrected chi connectivity index (χ2v) is 13.4. The fourth-order valence-electron chi connectivity index (χ4n) is 4.72. The number of Topliss-reactive ketones (excluding diaryl/α,β-unsaturated/α-hetero) is 1. The third kappa shape index (κ3) is 7.07. The smallest absolute Gasteiger partial charge is 0.394 e. The lowest BCUT2D eigenvalue weighted by atomic mass is 9.83. The number of rotatable bonds is 10. The molecule has 1 aliphatic carbocycles. The van der Waals surface area contributed by atoms with Gasteiger partial charge in [-0.25, -0.2) is 13.4 Å². The van der Waals surface area contributed by atoms with Crippen LogP contribution in [-0.2, 0) is 27.6 Å². The van der Waals surface area contributed by atoms with Crippen molar-refractivity contribution in [1.29, 1.82) is 0 Å². The molecule has 2 aromatic rings. The lowest BCUT2D eigenvalue weighted by Crippen LogP contribution is -2.53. The molecule has 42 heavy (non-hydrogen) atoms. The summed E-state index contributed by atoms with van der Waals surface area (Å²) in [5.41, 5.74) is -4.19. The maximum absolute atomic E-state index is 13.4. The van der Waals surface area contributed by atoms with E-state index >= 15 is 0 Å². The number of ketones is 1. The van der Waals surface area contributed by atoms with Crippen molar-refractivity contribution in [2.75, 3.05) is 12.8 Å². The quantitative estimate of drug-likeness (QED) is 0.382. The van der Waals surface area contributed by atoms with E-state index in [0.717, 1.165) is 20.1 Å². The number of pyridine rings is 1. The molecule has 0 aromatic carbocycles. The minimum absolute atomic E-state index is 0.0284. The standard InChI is InChI=1S/C26H33F5N4O6S/c1-6-35-20(17-8-7-15(33-22(17)41-23(27)28)12-24(3,4)26(29,30)31)14(2)19(34-35)21(37)32-13-25(38)10-9-16(11-18(25)36)42(5,39)40/h7-8,16,23,38H,6,9-13H2,1-5H3,(H,32,37)/t16-,25-/m0/s1. The number of hydrogen-bond donors (Lipinski definition) is 2. The van der Waals surface area contributed by atoms with Gasteiger partial charge in [-0.3, -0.25) is 14.3 Å². The SMILES string of the molecule is CCn1nc(C(=O)NC[C@@]2(O)CC[C@H](S(C)(=O)=O)CC2=O)c(C)c1-c1ccc(CC(C)(C)C(F)(F)F)nc1OC(F)F. The molecule has 0 bridgehead atoms. The average molecular weight is 625 g/mol. The molecule has 10 nitrogen and oxygen atoms in total. The van der Waals surface area contributed by atoms with Gasteiger partial charge in [-0.2, -0.15) is 27.1 Å². The van der Waals surface area contributed by atoms with E-state index in [-0.39, 0.29) is 47.6 Å². The Kier molecular flexibility index (Phi) is 9.42. The van der Waals surface area contributed by atoms with Crippen LogP contribution >= 0.6 is 0 Å². The van der Waals surface area contributed by atoms with Crippen molar-refractivity contribution in [3.8, 4) is 17.1 Å². The number of aromatic nitrogens is 3. The molecule has 1 amide bonds. The molecule has 1 aliphatic rings. The van der Waals surface area contributed by atoms with E-state index in [2.05, 4.69) is 20.1 Å². The van der Waals surface area contributed by atoms with Crippen LogP contribution in [0.4, 0.5) is 22.0 Å². The van der Waals surface area contributed by atoms with Crippen LogP contribution in [0.1, 0.15) is 61.8 Å². The molecular formula is C26H33F5N4O6S. The number of hydrogen-bond acceptors (Lipinski definition) is 8. The van der Waals surface area contributed by atoms with Crippen molar-refractivity contribution >= 4 is 21.5 Å². The van der Waals surface area contributed by atoms with Crippen LogP contribution in [0.25, 0.3) is 11.3 Å². The van der Waals surface area contributed by atoms with E-state index in [1.165, 1.54) is 23.7 Å². The highest BCUT2D eigenvalue weighted by Gasteiger charge is 2.47. The van der Waals surface area contributed by atoms with Gasteiger partial charge in [-0.1, -0.05) is 13.8 Å². The van der Waals surface area contributed by atoms with E-state index < -0.39 is 75.8 Å². The Morgan fingerprint density at radius 2 is 1.93 bits per heavy atom. The summed E-state index contributed by atoms with van der Waals surface area (Å²) in [5, 5.41) is 16.5. The minimum atomic E-state index is -4.58. The first-order valence-electron chi connectivity index (χ1n) is 13.0. The van der Waals surface area contributed by atoms with Gasteiger partial charge < -0.3 is 15.2 Å². The number of carbonyl (C=O) groups is 2. The molecule has 0 spiro atoms. The van der Waals surface area contributed by atoms with Gasteiger partial charge in [0.25, 0.3) is 5.91 Å². The molecule has 0 radical (unpaired) electrons. The zero-order valence-corrected chi connectivity index (χ0v) is 24.5. The molecule has 234 valence electrons. The molecule has 3 rings (SSSR count).